The molecular formula is C45H96O13Si4. The van der Waals surface area contributed by atoms with Gasteiger partial charge in [-0.15, -0.1) is 19.7 Å². The lowest BCUT2D eigenvalue weighted by Gasteiger charge is -2.51. The van der Waals surface area contributed by atoms with Crippen LogP contribution in [-0.4, -0.2) is 141 Å². The number of hydrogen-bond acceptors (Lipinski definition) is 13. The zero-order valence-corrected chi connectivity index (χ0v) is 44.7. The first-order valence-electron chi connectivity index (χ1n) is 22.8. The SMILES string of the molecule is C.C1CCCCC1.C=C.C=CCCCCCCCCC(=O)OCC1OC(O[Si](C)(C)C)C(O[Si](C)(C)C)C(O[Si](C)(C)C)C1O[Si](C)(C)C.COCC1OC(O)C(O)C(O)C1O. The summed E-state index contributed by atoms with van der Waals surface area (Å²) in [4.78, 5) is 12.7. The van der Waals surface area contributed by atoms with Crippen molar-refractivity contribution in [3.8, 4) is 0 Å². The fraction of sp³-hybridized carbons (Fsp3) is 0.889. The standard InChI is InChI=1S/C29H62O7Si4.C7H14O6.C6H12.C2H4.CH4/c1-14-15-16-17-18-19-20-21-22-25(30)31-23-24-26(33-37(2,3)4)27(34-38(5,6)7)28(35-39(8,9)10)29(32-24)36-40(11,12)13;1-12-2-3-4(8)5(9)6(10)7(11)13-3;1-2-4-6-5-3-1;1-2;/h14,24,26-29H,1,15-23H2,2-13H3;3-11H,2H2,1H3;1-6H2;1-2H2;1H4. The number of unbranched alkanes of at least 4 members (excludes halogenated alkanes) is 6. The molecule has 3 rings (SSSR count). The Labute approximate surface area is 383 Å². The second kappa shape index (κ2) is 32.1. The first kappa shape index (κ1) is 63.5. The highest BCUT2D eigenvalue weighted by molar-refractivity contribution is 6.71. The Bertz CT molecular complexity index is 1140. The van der Waals surface area contributed by atoms with Crippen LogP contribution in [0, 0.1) is 0 Å². The summed E-state index contributed by atoms with van der Waals surface area (Å²) in [6.45, 7) is 35.9. The third-order valence-electron chi connectivity index (χ3n) is 9.50. The monoisotopic (exact) mass is 957 g/mol. The molecule has 0 aromatic rings. The summed E-state index contributed by atoms with van der Waals surface area (Å²) in [6.07, 6.45) is 10.4. The molecule has 3 aliphatic rings. The number of allylic oxidation sites excluding steroid dienone is 1. The lowest BCUT2D eigenvalue weighted by Crippen LogP contribution is -2.67. The van der Waals surface area contributed by atoms with Crippen molar-refractivity contribution in [2.45, 2.75) is 237 Å². The van der Waals surface area contributed by atoms with E-state index >= 15 is 0 Å². The van der Waals surface area contributed by atoms with Crippen LogP contribution in [0.3, 0.4) is 0 Å². The number of carbonyl (C=O) groups excluding carboxylic acids is 1. The Kier molecular flexibility index (Phi) is 32.9. The molecule has 2 saturated heterocycles. The second-order valence-electron chi connectivity index (χ2n) is 20.1. The molecule has 4 N–H and O–H groups in total. The third kappa shape index (κ3) is 29.1. The van der Waals surface area contributed by atoms with Gasteiger partial charge in [0.25, 0.3) is 0 Å². The Hall–Kier alpha value is -0.622. The van der Waals surface area contributed by atoms with Crippen molar-refractivity contribution in [2.24, 2.45) is 0 Å². The van der Waals surface area contributed by atoms with E-state index in [-0.39, 0.29) is 32.7 Å². The van der Waals surface area contributed by atoms with Crippen LogP contribution in [-0.2, 0) is 41.4 Å². The molecular weight excluding hydrogens is 861 g/mol. The minimum atomic E-state index is -2.03. The Morgan fingerprint density at radius 2 is 1.02 bits per heavy atom. The second-order valence-corrected chi connectivity index (χ2v) is 37.9. The van der Waals surface area contributed by atoms with E-state index in [4.69, 9.17) is 46.9 Å². The smallest absolute Gasteiger partial charge is 0.305 e. The topological polar surface area (TPSA) is 172 Å². The van der Waals surface area contributed by atoms with E-state index in [0.29, 0.717) is 6.42 Å². The summed E-state index contributed by atoms with van der Waals surface area (Å²) >= 11 is 0. The number of aliphatic hydroxyl groups is 4. The van der Waals surface area contributed by atoms with Gasteiger partial charge in [-0.2, -0.15) is 0 Å². The van der Waals surface area contributed by atoms with Crippen LogP contribution in [0.5, 0.6) is 0 Å². The van der Waals surface area contributed by atoms with E-state index < -0.39 is 88.6 Å². The molecule has 370 valence electrons. The van der Waals surface area contributed by atoms with Gasteiger partial charge in [0.1, 0.15) is 55.4 Å². The van der Waals surface area contributed by atoms with E-state index in [1.54, 1.807) is 0 Å². The van der Waals surface area contributed by atoms with Crippen molar-refractivity contribution in [3.05, 3.63) is 25.8 Å². The fourth-order valence-electron chi connectivity index (χ4n) is 6.89. The average molecular weight is 958 g/mol. The number of carbonyl (C=O) groups is 1. The molecule has 0 spiro atoms. The lowest BCUT2D eigenvalue weighted by molar-refractivity contribution is -0.287. The molecule has 0 amide bonds. The van der Waals surface area contributed by atoms with E-state index in [9.17, 15) is 15.0 Å². The minimum Gasteiger partial charge on any atom is -0.463 e. The highest BCUT2D eigenvalue weighted by atomic mass is 28.4. The maximum absolute atomic E-state index is 12.7. The summed E-state index contributed by atoms with van der Waals surface area (Å²) in [5.74, 6) is -0.187. The maximum atomic E-state index is 12.7. The first-order chi connectivity index (χ1) is 28.3. The molecule has 13 nitrogen and oxygen atoms in total. The highest BCUT2D eigenvalue weighted by Crippen LogP contribution is 2.35. The number of hydrogen-bond donors (Lipinski definition) is 4. The average Bonchev–Trinajstić information content (AvgIpc) is 3.16. The van der Waals surface area contributed by atoms with E-state index in [0.717, 1.165) is 25.7 Å². The van der Waals surface area contributed by atoms with Gasteiger partial charge in [0.15, 0.2) is 45.8 Å². The molecule has 2 aliphatic heterocycles. The largest absolute Gasteiger partial charge is 0.463 e. The van der Waals surface area contributed by atoms with Gasteiger partial charge < -0.3 is 57.1 Å². The molecule has 1 saturated carbocycles. The van der Waals surface area contributed by atoms with Gasteiger partial charge >= 0.3 is 5.97 Å². The van der Waals surface area contributed by atoms with Gasteiger partial charge in [-0.3, -0.25) is 4.79 Å². The number of rotatable bonds is 21. The molecule has 2 heterocycles. The Balaban J connectivity index is 0. The number of aliphatic hydroxyl groups excluding tert-OH is 4. The quantitative estimate of drug-likeness (QED) is 0.0372. The summed E-state index contributed by atoms with van der Waals surface area (Å²) < 4.78 is 48.9. The number of ether oxygens (including phenoxy) is 4. The molecule has 0 aromatic carbocycles. The normalized spacial score (nSPS) is 28.0. The van der Waals surface area contributed by atoms with Gasteiger partial charge in [-0.1, -0.05) is 77.7 Å². The van der Waals surface area contributed by atoms with Crippen LogP contribution >= 0.6 is 0 Å². The van der Waals surface area contributed by atoms with Crippen molar-refractivity contribution in [1.29, 1.82) is 0 Å². The van der Waals surface area contributed by atoms with Crippen LogP contribution in [0.2, 0.25) is 78.6 Å². The first-order valence-corrected chi connectivity index (χ1v) is 36.4. The van der Waals surface area contributed by atoms with Crippen molar-refractivity contribution in [2.75, 3.05) is 20.3 Å². The molecule has 0 aromatic heterocycles. The van der Waals surface area contributed by atoms with Gasteiger partial charge in [0.2, 0.25) is 0 Å². The van der Waals surface area contributed by atoms with E-state index in [1.165, 1.54) is 64.9 Å². The molecule has 3 fully saturated rings. The number of esters is 1. The molecule has 10 unspecified atom stereocenters. The van der Waals surface area contributed by atoms with Crippen LogP contribution in [0.1, 0.15) is 97.3 Å². The summed E-state index contributed by atoms with van der Waals surface area (Å²) in [5, 5.41) is 36.7. The van der Waals surface area contributed by atoms with Crippen molar-refractivity contribution in [1.82, 2.24) is 0 Å². The van der Waals surface area contributed by atoms with E-state index in [1.807, 2.05) is 6.08 Å². The summed E-state index contributed by atoms with van der Waals surface area (Å²) in [7, 11) is -6.65. The van der Waals surface area contributed by atoms with Crippen LogP contribution < -0.4 is 0 Å². The van der Waals surface area contributed by atoms with Gasteiger partial charge in [-0.25, -0.2) is 0 Å². The van der Waals surface area contributed by atoms with Crippen molar-refractivity contribution >= 4 is 39.2 Å². The van der Waals surface area contributed by atoms with Crippen LogP contribution in [0.15, 0.2) is 25.8 Å². The maximum Gasteiger partial charge on any atom is 0.305 e. The molecule has 0 radical (unpaired) electrons. The Morgan fingerprint density at radius 3 is 1.47 bits per heavy atom. The van der Waals surface area contributed by atoms with Crippen LogP contribution in [0.25, 0.3) is 0 Å². The minimum absolute atomic E-state index is 0. The van der Waals surface area contributed by atoms with Gasteiger partial charge in [0, 0.05) is 13.5 Å². The molecule has 17 heteroatoms. The summed E-state index contributed by atoms with van der Waals surface area (Å²) in [6, 6.07) is 0. The predicted octanol–water partition coefficient (Wildman–Crippen LogP) is 9.28. The van der Waals surface area contributed by atoms with Crippen molar-refractivity contribution in [3.63, 3.8) is 0 Å². The van der Waals surface area contributed by atoms with Crippen molar-refractivity contribution < 1.29 is 61.9 Å². The zero-order valence-electron chi connectivity index (χ0n) is 40.7. The molecule has 62 heavy (non-hydrogen) atoms. The predicted molar refractivity (Wildman–Crippen MR) is 262 cm³/mol. The van der Waals surface area contributed by atoms with Gasteiger partial charge in [-0.05, 0) is 97.8 Å². The third-order valence-corrected chi connectivity index (χ3v) is 13.4. The summed E-state index contributed by atoms with van der Waals surface area (Å²) in [5.41, 5.74) is 0. The molecule has 1 aliphatic carbocycles. The molecule has 0 bridgehead atoms. The van der Waals surface area contributed by atoms with Crippen LogP contribution in [0.4, 0.5) is 0 Å². The molecule has 10 atom stereocenters. The highest BCUT2D eigenvalue weighted by Gasteiger charge is 2.53. The zero-order chi connectivity index (χ0) is 47.0. The van der Waals surface area contributed by atoms with E-state index in [2.05, 4.69) is 98.3 Å². The Morgan fingerprint density at radius 1 is 0.581 bits per heavy atom. The fourth-order valence-corrected chi connectivity index (χ4v) is 11.0. The van der Waals surface area contributed by atoms with Gasteiger partial charge in [0.05, 0.1) is 6.61 Å². The number of methoxy groups -OCH3 is 1. The lowest BCUT2D eigenvalue weighted by atomic mass is 9.99.